The number of nitrogens with zero attached hydrogens (tertiary/aromatic N) is 1. The average Bonchev–Trinajstić information content (AvgIpc) is 2.98. The lowest BCUT2D eigenvalue weighted by molar-refractivity contribution is -0.0588. The maximum atomic E-state index is 12.8. The van der Waals surface area contributed by atoms with E-state index in [9.17, 15) is 18.8 Å². The zero-order chi connectivity index (χ0) is 14.3. The molecule has 100 valence electrons. The maximum Gasteiger partial charge on any atom is 0.380 e. The number of aromatic nitrogens is 1. The smallest absolute Gasteiger partial charge is 0.353 e. The first-order valence-corrected chi connectivity index (χ1v) is 5.62. The minimum absolute atomic E-state index is 0.156. The highest BCUT2D eigenvalue weighted by Crippen LogP contribution is 2.23. The van der Waals surface area contributed by atoms with Crippen LogP contribution in [0.2, 0.25) is 0 Å². The fraction of sp³-hybridized carbons (Fsp3) is 0. The molecule has 1 aliphatic heterocycles. The van der Waals surface area contributed by atoms with Crippen molar-refractivity contribution in [3.63, 3.8) is 0 Å². The van der Waals surface area contributed by atoms with Gasteiger partial charge in [0, 0.05) is 12.3 Å². The van der Waals surface area contributed by atoms with Crippen LogP contribution in [0.3, 0.4) is 0 Å². The van der Waals surface area contributed by atoms with Crippen molar-refractivity contribution in [2.75, 3.05) is 0 Å². The first-order chi connectivity index (χ1) is 9.58. The molecule has 0 aliphatic carbocycles. The predicted octanol–water partition coefficient (Wildman–Crippen LogP) is 1.52. The monoisotopic (exact) mass is 274 g/mol. The van der Waals surface area contributed by atoms with Crippen molar-refractivity contribution in [3.05, 3.63) is 59.2 Å². The van der Waals surface area contributed by atoms with Crippen LogP contribution in [0.15, 0.2) is 36.5 Å². The van der Waals surface area contributed by atoms with E-state index in [-0.39, 0.29) is 16.8 Å². The van der Waals surface area contributed by atoms with Crippen molar-refractivity contribution in [1.82, 2.24) is 10.0 Å². The third-order valence-corrected chi connectivity index (χ3v) is 2.80. The number of aromatic amines is 1. The van der Waals surface area contributed by atoms with Gasteiger partial charge in [-0.05, 0) is 12.1 Å². The van der Waals surface area contributed by atoms with Crippen molar-refractivity contribution in [3.8, 4) is 0 Å². The van der Waals surface area contributed by atoms with E-state index < -0.39 is 23.6 Å². The number of H-pyrrole nitrogens is 1. The molecule has 0 saturated carbocycles. The molecule has 2 amide bonds. The summed E-state index contributed by atoms with van der Waals surface area (Å²) in [4.78, 5) is 42.6. The number of hydroxylamine groups is 2. The van der Waals surface area contributed by atoms with Gasteiger partial charge in [0.2, 0.25) is 0 Å². The lowest BCUT2D eigenvalue weighted by Gasteiger charge is -2.11. The predicted molar refractivity (Wildman–Crippen MR) is 63.1 cm³/mol. The minimum Gasteiger partial charge on any atom is -0.353 e. The lowest BCUT2D eigenvalue weighted by Crippen LogP contribution is -2.32. The highest BCUT2D eigenvalue weighted by Gasteiger charge is 2.38. The summed E-state index contributed by atoms with van der Waals surface area (Å²) in [5.41, 5.74) is 0.116. The fourth-order valence-electron chi connectivity index (χ4n) is 1.87. The Kier molecular flexibility index (Phi) is 2.60. The van der Waals surface area contributed by atoms with E-state index in [1.54, 1.807) is 12.1 Å². The molecule has 1 aromatic carbocycles. The van der Waals surface area contributed by atoms with E-state index in [1.807, 2.05) is 0 Å². The molecule has 0 radical (unpaired) electrons. The fourth-order valence-corrected chi connectivity index (χ4v) is 1.87. The summed E-state index contributed by atoms with van der Waals surface area (Å²) in [6.45, 7) is 0. The molecule has 0 spiro atoms. The van der Waals surface area contributed by atoms with E-state index >= 15 is 0 Å². The Hall–Kier alpha value is -2.96. The van der Waals surface area contributed by atoms with Gasteiger partial charge in [-0.3, -0.25) is 9.59 Å². The zero-order valence-electron chi connectivity index (χ0n) is 9.92. The molecule has 3 rings (SSSR count). The third kappa shape index (κ3) is 1.76. The molecule has 2 heterocycles. The highest BCUT2D eigenvalue weighted by atomic mass is 19.1. The number of benzene rings is 1. The summed E-state index contributed by atoms with van der Waals surface area (Å²) in [6, 6.07) is 7.00. The molecular weight excluding hydrogens is 267 g/mol. The van der Waals surface area contributed by atoms with Gasteiger partial charge in [0.25, 0.3) is 11.8 Å². The molecule has 20 heavy (non-hydrogen) atoms. The van der Waals surface area contributed by atoms with Crippen LogP contribution in [0, 0.1) is 5.82 Å². The Morgan fingerprint density at radius 3 is 2.25 bits per heavy atom. The number of nitrogens with one attached hydrogen (secondary N) is 1. The van der Waals surface area contributed by atoms with Crippen LogP contribution in [-0.4, -0.2) is 27.8 Å². The number of amides is 2. The molecule has 1 aliphatic rings. The second-order valence-corrected chi connectivity index (χ2v) is 4.06. The summed E-state index contributed by atoms with van der Waals surface area (Å²) < 4.78 is 12.8. The third-order valence-electron chi connectivity index (χ3n) is 2.80. The van der Waals surface area contributed by atoms with Crippen LogP contribution in [-0.2, 0) is 4.84 Å². The molecule has 1 aromatic heterocycles. The van der Waals surface area contributed by atoms with Gasteiger partial charge in [-0.2, -0.15) is 0 Å². The van der Waals surface area contributed by atoms with Crippen LogP contribution in [0.1, 0.15) is 31.2 Å². The van der Waals surface area contributed by atoms with Crippen molar-refractivity contribution in [2.24, 2.45) is 0 Å². The van der Waals surface area contributed by atoms with Gasteiger partial charge in [0.1, 0.15) is 11.5 Å². The van der Waals surface area contributed by atoms with Crippen molar-refractivity contribution >= 4 is 17.8 Å². The standard InChI is InChI=1S/C13H7FN2O4/c14-7-5-10(15-6-7)13(19)20-16-11(17)8-3-1-2-4-9(8)12(16)18/h1-6,15H. The molecule has 0 atom stereocenters. The van der Waals surface area contributed by atoms with Crippen LogP contribution in [0.25, 0.3) is 0 Å². The summed E-state index contributed by atoms with van der Waals surface area (Å²) in [5.74, 6) is -3.14. The largest absolute Gasteiger partial charge is 0.380 e. The number of imide groups is 1. The molecule has 0 unspecified atom stereocenters. The SMILES string of the molecule is O=C(ON1C(=O)c2ccccc2C1=O)c1cc(F)c[nH]1. The number of hydrogen-bond acceptors (Lipinski definition) is 4. The van der Waals surface area contributed by atoms with Crippen molar-refractivity contribution < 1.29 is 23.6 Å². The van der Waals surface area contributed by atoms with Gasteiger partial charge in [-0.1, -0.05) is 17.2 Å². The number of hydrogen-bond donors (Lipinski definition) is 1. The topological polar surface area (TPSA) is 79.5 Å². The van der Waals surface area contributed by atoms with Gasteiger partial charge < -0.3 is 9.82 Å². The Labute approximate surface area is 111 Å². The Balaban J connectivity index is 1.85. The van der Waals surface area contributed by atoms with Crippen LogP contribution in [0.5, 0.6) is 0 Å². The van der Waals surface area contributed by atoms with E-state index in [4.69, 9.17) is 4.84 Å². The molecular formula is C13H7FN2O4. The summed E-state index contributed by atoms with van der Waals surface area (Å²) in [5, 5.41) is 0.367. The molecule has 0 bridgehead atoms. The van der Waals surface area contributed by atoms with Gasteiger partial charge in [0.15, 0.2) is 0 Å². The summed E-state index contributed by atoms with van der Waals surface area (Å²) in [7, 11) is 0. The second-order valence-electron chi connectivity index (χ2n) is 4.06. The highest BCUT2D eigenvalue weighted by molar-refractivity contribution is 6.21. The molecule has 2 aromatic rings. The van der Waals surface area contributed by atoms with Crippen LogP contribution >= 0.6 is 0 Å². The van der Waals surface area contributed by atoms with Gasteiger partial charge in [0.05, 0.1) is 11.1 Å². The summed E-state index contributed by atoms with van der Waals surface area (Å²) >= 11 is 0. The number of fused-ring (bicyclic) bond motifs is 1. The number of halogens is 1. The first kappa shape index (κ1) is 12.1. The van der Waals surface area contributed by atoms with Crippen molar-refractivity contribution in [1.29, 1.82) is 0 Å². The minimum atomic E-state index is -1.02. The lowest BCUT2D eigenvalue weighted by atomic mass is 10.1. The number of rotatable bonds is 2. The quantitative estimate of drug-likeness (QED) is 0.842. The molecule has 6 nitrogen and oxygen atoms in total. The Morgan fingerprint density at radius 1 is 1.15 bits per heavy atom. The van der Waals surface area contributed by atoms with Crippen LogP contribution < -0.4 is 0 Å². The van der Waals surface area contributed by atoms with Gasteiger partial charge >= 0.3 is 5.97 Å². The van der Waals surface area contributed by atoms with E-state index in [2.05, 4.69) is 4.98 Å². The van der Waals surface area contributed by atoms with E-state index in [0.29, 0.717) is 5.06 Å². The zero-order valence-corrected chi connectivity index (χ0v) is 9.92. The van der Waals surface area contributed by atoms with E-state index in [0.717, 1.165) is 12.3 Å². The van der Waals surface area contributed by atoms with Crippen LogP contribution in [0.4, 0.5) is 4.39 Å². The Morgan fingerprint density at radius 2 is 1.75 bits per heavy atom. The molecule has 0 fully saturated rings. The first-order valence-electron chi connectivity index (χ1n) is 5.62. The number of carbonyl (C=O) groups is 3. The summed E-state index contributed by atoms with van der Waals surface area (Å²) in [6.07, 6.45) is 0.957. The van der Waals surface area contributed by atoms with Gasteiger partial charge in [-0.25, -0.2) is 9.18 Å². The maximum absolute atomic E-state index is 12.8. The van der Waals surface area contributed by atoms with Crippen molar-refractivity contribution in [2.45, 2.75) is 0 Å². The second kappa shape index (κ2) is 4.30. The molecule has 1 N–H and O–H groups in total. The average molecular weight is 274 g/mol. The Bertz CT molecular complexity index is 702. The van der Waals surface area contributed by atoms with Gasteiger partial charge in [-0.15, -0.1) is 0 Å². The normalized spacial score (nSPS) is 13.6. The molecule has 7 heteroatoms. The number of carbonyl (C=O) groups excluding carboxylic acids is 3. The molecule has 0 saturated heterocycles. The van der Waals surface area contributed by atoms with E-state index in [1.165, 1.54) is 12.1 Å².